The number of methoxy groups -OCH3 is 1. The van der Waals surface area contributed by atoms with Crippen LogP contribution in [0.4, 0.5) is 15.3 Å². The summed E-state index contributed by atoms with van der Waals surface area (Å²) in [5, 5.41) is 8.69. The number of hydrogen-bond acceptors (Lipinski definition) is 10. The van der Waals surface area contributed by atoms with E-state index in [9.17, 15) is 27.6 Å². The average Bonchev–Trinajstić information content (AvgIpc) is 4.07. The fourth-order valence-electron chi connectivity index (χ4n) is 8.53. The Morgan fingerprint density at radius 1 is 0.894 bits per heavy atom. The Morgan fingerprint density at radius 3 is 2.30 bits per heavy atom. The maximum absolute atomic E-state index is 14.3. The molecule has 0 unspecified atom stereocenters. The van der Waals surface area contributed by atoms with E-state index in [-0.39, 0.29) is 28.6 Å². The number of likely N-dealkylation sites (tertiary alicyclic amines) is 2. The molecule has 1 aliphatic carbocycles. The van der Waals surface area contributed by atoms with E-state index in [4.69, 9.17) is 14.5 Å². The second kappa shape index (κ2) is 19.8. The first kappa shape index (κ1) is 47.2. The molecule has 3 aliphatic heterocycles. The molecular weight excluding hydrogens is 861 g/mol. The summed E-state index contributed by atoms with van der Waals surface area (Å²) in [6, 6.07) is 11.1. The minimum Gasteiger partial charge on any atom is -0.453 e. The van der Waals surface area contributed by atoms with Gasteiger partial charge < -0.3 is 40.2 Å². The monoisotopic (exact) mass is 918 g/mol. The minimum absolute atomic E-state index is 0.0163. The van der Waals surface area contributed by atoms with Crippen molar-refractivity contribution in [2.75, 3.05) is 25.5 Å². The number of benzene rings is 2. The predicted octanol–water partition coefficient (Wildman–Crippen LogP) is 7.76. The number of ether oxygens (including phenoxy) is 2. The van der Waals surface area contributed by atoms with Crippen molar-refractivity contribution in [3.05, 3.63) is 126 Å². The number of carbonyl (C=O) groups excluding carboxylic acids is 4. The molecule has 0 bridgehead atoms. The summed E-state index contributed by atoms with van der Waals surface area (Å²) in [5.41, 5.74) is 3.97. The van der Waals surface area contributed by atoms with Crippen molar-refractivity contribution in [3.8, 4) is 0 Å². The third-order valence-electron chi connectivity index (χ3n) is 11.7. The maximum Gasteiger partial charge on any atom is 0.408 e. The number of allylic oxidation sites excluding steroid dienone is 9. The van der Waals surface area contributed by atoms with Crippen LogP contribution in [0.15, 0.2) is 113 Å². The number of amidine groups is 1. The van der Waals surface area contributed by atoms with Crippen molar-refractivity contribution < 1.29 is 37.1 Å². The number of hydrogen-bond donors (Lipinski definition) is 4. The number of sulfonamides is 1. The van der Waals surface area contributed by atoms with Crippen LogP contribution in [0.25, 0.3) is 11.1 Å². The number of imidazole rings is 1. The van der Waals surface area contributed by atoms with Gasteiger partial charge in [-0.3, -0.25) is 9.59 Å². The van der Waals surface area contributed by atoms with Crippen LogP contribution in [-0.4, -0.2) is 95.9 Å². The predicted molar refractivity (Wildman–Crippen MR) is 252 cm³/mol. The summed E-state index contributed by atoms with van der Waals surface area (Å²) in [7, 11) is -2.88. The Labute approximate surface area is 386 Å². The van der Waals surface area contributed by atoms with E-state index in [1.54, 1.807) is 73.2 Å². The molecule has 2 fully saturated rings. The van der Waals surface area contributed by atoms with Gasteiger partial charge >= 0.3 is 12.2 Å². The Morgan fingerprint density at radius 2 is 1.61 bits per heavy atom. The second-order valence-corrected chi connectivity index (χ2v) is 19.6. The third-order valence-corrected chi connectivity index (χ3v) is 13.1. The number of aromatic amines is 1. The Balaban J connectivity index is 1.07. The first-order chi connectivity index (χ1) is 31.4. The van der Waals surface area contributed by atoms with E-state index in [0.29, 0.717) is 55.0 Å². The SMILES string of the molecule is C=C1C=C(c2cnc([C@@H]3CCCN3C(=O)[C@@H](NC(=O)OC)C(C)C)[nH]2)/C=C\C/C=C(c2ccc3c(c2)NC([C@@H]2CCCN2C(=O)[C@H](NC(=O)OC(C)(C)C)c2ccccc2)=NS3(=O)=O)\C=C/1. The molecule has 4 amide bonds. The van der Waals surface area contributed by atoms with Gasteiger partial charge in [-0.05, 0) is 105 Å². The summed E-state index contributed by atoms with van der Waals surface area (Å²) >= 11 is 0. The van der Waals surface area contributed by atoms with E-state index >= 15 is 0 Å². The van der Waals surface area contributed by atoms with Gasteiger partial charge in [0.2, 0.25) is 5.91 Å². The number of alkyl carbamates (subject to hydrolysis) is 2. The standard InChI is InChI=1S/C49H58N8O8S/c1-30(2)41(53-47(60)64-7)45(58)56-25-13-19-38(56)43-50-29-37(52-43)35-18-12-11-15-32(22-21-31(3)27-35)34-23-24-40-36(28-34)51-44(55-66(40,62)63)39-20-14-26-57(39)46(59)42(33-16-9-8-10-17-33)54-48(61)65-49(4,5)6/h8-10,12,15-18,21-24,27-30,38-39,41-42H,3,11,13-14,19-20,25-26H2,1-2,4-7H3,(H,50,52)(H,51,55)(H,53,60)(H,54,61)/b18-12-,22-21-,32-15+,35-27?/t38-,39-,41-,42+/m0/s1. The summed E-state index contributed by atoms with van der Waals surface area (Å²) in [6.07, 6.45) is 15.2. The molecule has 2 aromatic carbocycles. The third kappa shape index (κ3) is 10.8. The highest BCUT2D eigenvalue weighted by Gasteiger charge is 2.41. The summed E-state index contributed by atoms with van der Waals surface area (Å²) in [6.45, 7) is 14.1. The van der Waals surface area contributed by atoms with Gasteiger partial charge in [0.25, 0.3) is 15.9 Å². The van der Waals surface area contributed by atoms with Crippen LogP contribution in [0.3, 0.4) is 0 Å². The maximum atomic E-state index is 14.3. The number of amides is 4. The van der Waals surface area contributed by atoms with Gasteiger partial charge in [-0.1, -0.05) is 87.2 Å². The van der Waals surface area contributed by atoms with Crippen LogP contribution < -0.4 is 16.0 Å². The fraction of sp³-hybridized carbons (Fsp3) is 0.388. The zero-order chi connectivity index (χ0) is 47.3. The molecule has 3 aromatic rings. The van der Waals surface area contributed by atoms with E-state index < -0.39 is 51.8 Å². The molecule has 66 heavy (non-hydrogen) atoms. The minimum atomic E-state index is -4.15. The first-order valence-corrected chi connectivity index (χ1v) is 23.6. The Bertz CT molecular complexity index is 2640. The quantitative estimate of drug-likeness (QED) is 0.156. The van der Waals surface area contributed by atoms with Crippen LogP contribution in [0, 0.1) is 5.92 Å². The number of anilines is 1. The molecule has 0 saturated carbocycles. The zero-order valence-electron chi connectivity index (χ0n) is 38.2. The fourth-order valence-corrected chi connectivity index (χ4v) is 9.69. The normalized spacial score (nSPS) is 22.0. The largest absolute Gasteiger partial charge is 0.453 e. The number of aromatic nitrogens is 2. The average molecular weight is 919 g/mol. The lowest BCUT2D eigenvalue weighted by molar-refractivity contribution is -0.135. The van der Waals surface area contributed by atoms with Crippen LogP contribution in [0.5, 0.6) is 0 Å². The lowest BCUT2D eigenvalue weighted by atomic mass is 10.00. The zero-order valence-corrected chi connectivity index (χ0v) is 39.0. The number of rotatable bonds is 10. The molecule has 17 heteroatoms. The van der Waals surface area contributed by atoms with Crippen molar-refractivity contribution in [2.24, 2.45) is 10.3 Å². The molecule has 4 aliphatic rings. The molecule has 4 atom stereocenters. The highest BCUT2D eigenvalue weighted by atomic mass is 32.2. The lowest BCUT2D eigenvalue weighted by Gasteiger charge is -2.32. The molecule has 4 N–H and O–H groups in total. The summed E-state index contributed by atoms with van der Waals surface area (Å²) in [5.74, 6) is 0.0355. The van der Waals surface area contributed by atoms with Crippen molar-refractivity contribution in [3.63, 3.8) is 0 Å². The number of nitrogens with one attached hydrogen (secondary N) is 4. The highest BCUT2D eigenvalue weighted by molar-refractivity contribution is 7.90. The second-order valence-electron chi connectivity index (χ2n) is 18.0. The van der Waals surface area contributed by atoms with Gasteiger partial charge in [0, 0.05) is 13.1 Å². The Kier molecular flexibility index (Phi) is 14.2. The van der Waals surface area contributed by atoms with Gasteiger partial charge in [-0.25, -0.2) is 14.6 Å². The highest BCUT2D eigenvalue weighted by Crippen LogP contribution is 2.36. The van der Waals surface area contributed by atoms with Gasteiger partial charge in [0.05, 0.1) is 36.8 Å². The lowest BCUT2D eigenvalue weighted by Crippen LogP contribution is -2.51. The van der Waals surface area contributed by atoms with E-state index in [1.165, 1.54) is 13.2 Å². The topological polar surface area (TPSA) is 204 Å². The molecular formula is C49H58N8O8S. The molecule has 0 radical (unpaired) electrons. The van der Waals surface area contributed by atoms with Gasteiger partial charge in [0.15, 0.2) is 0 Å². The van der Waals surface area contributed by atoms with Crippen LogP contribution in [-0.2, 0) is 29.1 Å². The molecule has 0 spiro atoms. The van der Waals surface area contributed by atoms with Crippen LogP contribution in [0.1, 0.15) is 101 Å². The Hall–Kier alpha value is -6.75. The number of carbonyl (C=O) groups is 4. The molecule has 4 heterocycles. The van der Waals surface area contributed by atoms with Crippen LogP contribution in [0.2, 0.25) is 0 Å². The molecule has 16 nitrogen and oxygen atoms in total. The summed E-state index contributed by atoms with van der Waals surface area (Å²) < 4.78 is 41.9. The van der Waals surface area contributed by atoms with Gasteiger partial charge in [-0.2, -0.15) is 8.42 Å². The van der Waals surface area contributed by atoms with Crippen molar-refractivity contribution in [1.29, 1.82) is 0 Å². The first-order valence-electron chi connectivity index (χ1n) is 22.2. The molecule has 2 saturated heterocycles. The van der Waals surface area contributed by atoms with E-state index in [0.717, 1.165) is 35.2 Å². The van der Waals surface area contributed by atoms with E-state index in [2.05, 4.69) is 31.9 Å². The van der Waals surface area contributed by atoms with Gasteiger partial charge in [0.1, 0.15) is 34.2 Å². The van der Waals surface area contributed by atoms with E-state index in [1.807, 2.05) is 56.4 Å². The summed E-state index contributed by atoms with van der Waals surface area (Å²) in [4.78, 5) is 64.5. The number of nitrogens with zero attached hydrogens (tertiary/aromatic N) is 4. The molecule has 348 valence electrons. The van der Waals surface area contributed by atoms with Crippen molar-refractivity contribution in [1.82, 2.24) is 30.4 Å². The van der Waals surface area contributed by atoms with Crippen molar-refractivity contribution in [2.45, 2.75) is 101 Å². The van der Waals surface area contributed by atoms with Crippen molar-refractivity contribution >= 4 is 56.7 Å². The molecule has 7 rings (SSSR count). The molecule has 1 aromatic heterocycles. The smallest absolute Gasteiger partial charge is 0.408 e. The number of H-pyrrole nitrogens is 1. The van der Waals surface area contributed by atoms with Crippen LogP contribution >= 0.6 is 0 Å². The number of fused-ring (bicyclic) bond motifs is 1. The van der Waals surface area contributed by atoms with Gasteiger partial charge in [-0.15, -0.1) is 4.40 Å².